The molecule has 1 amide bonds. The van der Waals surface area contributed by atoms with E-state index in [4.69, 9.17) is 9.15 Å². The molecule has 0 bridgehead atoms. The van der Waals surface area contributed by atoms with Crippen LogP contribution in [0.15, 0.2) is 45.6 Å². The second-order valence-corrected chi connectivity index (χ2v) is 8.11. The van der Waals surface area contributed by atoms with Crippen molar-refractivity contribution in [3.05, 3.63) is 63.6 Å². The van der Waals surface area contributed by atoms with Gasteiger partial charge in [0, 0.05) is 24.6 Å². The molecule has 31 heavy (non-hydrogen) atoms. The molecule has 162 valence electrons. The SMILES string of the molecule is COc1c(C)cc(C(=O)[C@@H]2CCCN(C(=O)Cn3c(=O)oc4ccccc43)C2)cc1C. The van der Waals surface area contributed by atoms with Crippen molar-refractivity contribution in [3.8, 4) is 5.75 Å². The molecule has 1 aromatic heterocycles. The van der Waals surface area contributed by atoms with Crippen LogP contribution in [0.2, 0.25) is 0 Å². The fourth-order valence-corrected chi connectivity index (χ4v) is 4.47. The second-order valence-electron chi connectivity index (χ2n) is 8.11. The van der Waals surface area contributed by atoms with E-state index < -0.39 is 5.76 Å². The summed E-state index contributed by atoms with van der Waals surface area (Å²) in [4.78, 5) is 40.0. The molecule has 3 aromatic rings. The highest BCUT2D eigenvalue weighted by Crippen LogP contribution is 2.28. The van der Waals surface area contributed by atoms with Crippen LogP contribution in [-0.4, -0.2) is 41.4 Å². The molecule has 1 aliphatic rings. The maximum absolute atomic E-state index is 13.2. The number of ketones is 1. The fourth-order valence-electron chi connectivity index (χ4n) is 4.47. The van der Waals surface area contributed by atoms with Crippen LogP contribution in [0.25, 0.3) is 11.1 Å². The monoisotopic (exact) mass is 422 g/mol. The van der Waals surface area contributed by atoms with E-state index in [9.17, 15) is 14.4 Å². The molecular formula is C24H26N2O5. The minimum absolute atomic E-state index is 0.0391. The third-order valence-electron chi connectivity index (χ3n) is 5.96. The zero-order valence-corrected chi connectivity index (χ0v) is 18.0. The Kier molecular flexibility index (Phi) is 5.67. The highest BCUT2D eigenvalue weighted by atomic mass is 16.5. The summed E-state index contributed by atoms with van der Waals surface area (Å²) < 4.78 is 12.0. The van der Waals surface area contributed by atoms with E-state index in [1.807, 2.05) is 26.0 Å². The van der Waals surface area contributed by atoms with Crippen LogP contribution < -0.4 is 10.5 Å². The molecule has 2 heterocycles. The topological polar surface area (TPSA) is 81.8 Å². The first kappa shape index (κ1) is 20.9. The van der Waals surface area contributed by atoms with Crippen LogP contribution in [0.5, 0.6) is 5.75 Å². The van der Waals surface area contributed by atoms with E-state index >= 15 is 0 Å². The number of fused-ring (bicyclic) bond motifs is 1. The predicted octanol–water partition coefficient (Wildman–Crippen LogP) is 3.34. The van der Waals surface area contributed by atoms with Crippen LogP contribution in [0.4, 0.5) is 0 Å². The van der Waals surface area contributed by atoms with Crippen LogP contribution in [0.1, 0.15) is 34.3 Å². The predicted molar refractivity (Wildman–Crippen MR) is 117 cm³/mol. The lowest BCUT2D eigenvalue weighted by atomic mass is 9.88. The molecule has 1 saturated heterocycles. The van der Waals surface area contributed by atoms with Crippen molar-refractivity contribution in [3.63, 3.8) is 0 Å². The number of piperidine rings is 1. The number of oxazole rings is 1. The molecule has 1 atom stereocenters. The lowest BCUT2D eigenvalue weighted by Gasteiger charge is -2.32. The Morgan fingerprint density at radius 1 is 1.16 bits per heavy atom. The lowest BCUT2D eigenvalue weighted by molar-refractivity contribution is -0.133. The number of methoxy groups -OCH3 is 1. The minimum atomic E-state index is -0.552. The quantitative estimate of drug-likeness (QED) is 0.589. The van der Waals surface area contributed by atoms with Crippen LogP contribution in [0, 0.1) is 19.8 Å². The number of amides is 1. The molecule has 0 saturated carbocycles. The molecule has 4 rings (SSSR count). The molecule has 1 aliphatic heterocycles. The van der Waals surface area contributed by atoms with Gasteiger partial charge in [0.25, 0.3) is 0 Å². The van der Waals surface area contributed by atoms with Gasteiger partial charge in [0.1, 0.15) is 12.3 Å². The molecule has 2 aromatic carbocycles. The minimum Gasteiger partial charge on any atom is -0.496 e. The number of aryl methyl sites for hydroxylation is 2. The van der Waals surface area contributed by atoms with E-state index in [1.54, 1.807) is 36.3 Å². The number of carbonyl (C=O) groups excluding carboxylic acids is 2. The van der Waals surface area contributed by atoms with Gasteiger partial charge in [0.2, 0.25) is 5.91 Å². The number of benzene rings is 2. The maximum atomic E-state index is 13.2. The van der Waals surface area contributed by atoms with Gasteiger partial charge in [-0.05, 0) is 62.1 Å². The van der Waals surface area contributed by atoms with Gasteiger partial charge >= 0.3 is 5.76 Å². The molecule has 7 heteroatoms. The normalized spacial score (nSPS) is 16.5. The molecule has 0 aliphatic carbocycles. The molecule has 0 radical (unpaired) electrons. The highest BCUT2D eigenvalue weighted by Gasteiger charge is 2.30. The molecule has 7 nitrogen and oxygen atoms in total. The fraction of sp³-hybridized carbons (Fsp3) is 0.375. The van der Waals surface area contributed by atoms with Gasteiger partial charge < -0.3 is 14.1 Å². The Morgan fingerprint density at radius 2 is 1.87 bits per heavy atom. The largest absolute Gasteiger partial charge is 0.496 e. The van der Waals surface area contributed by atoms with Crippen LogP contribution >= 0.6 is 0 Å². The lowest BCUT2D eigenvalue weighted by Crippen LogP contribution is -2.44. The van der Waals surface area contributed by atoms with E-state index in [0.717, 1.165) is 29.7 Å². The third-order valence-corrected chi connectivity index (χ3v) is 5.96. The summed E-state index contributed by atoms with van der Waals surface area (Å²) in [5, 5.41) is 0. The van der Waals surface area contributed by atoms with E-state index in [2.05, 4.69) is 0 Å². The summed E-state index contributed by atoms with van der Waals surface area (Å²) in [5.74, 6) is -0.175. The van der Waals surface area contributed by atoms with Crippen molar-refractivity contribution < 1.29 is 18.7 Å². The van der Waals surface area contributed by atoms with E-state index in [-0.39, 0.29) is 24.2 Å². The van der Waals surface area contributed by atoms with Gasteiger partial charge in [-0.2, -0.15) is 0 Å². The summed E-state index contributed by atoms with van der Waals surface area (Å²) in [6, 6.07) is 10.7. The zero-order chi connectivity index (χ0) is 22.1. The first-order valence-electron chi connectivity index (χ1n) is 10.4. The zero-order valence-electron chi connectivity index (χ0n) is 18.0. The van der Waals surface area contributed by atoms with Gasteiger partial charge in [-0.15, -0.1) is 0 Å². The first-order valence-corrected chi connectivity index (χ1v) is 10.4. The van der Waals surface area contributed by atoms with Crippen molar-refractivity contribution in [1.82, 2.24) is 9.47 Å². The van der Waals surface area contributed by atoms with Crippen LogP contribution in [0.3, 0.4) is 0 Å². The number of ether oxygens (including phenoxy) is 1. The Labute approximate surface area is 180 Å². The standard InChI is InChI=1S/C24H26N2O5/c1-15-11-18(12-16(2)23(15)30-3)22(28)17-7-6-10-25(13-17)21(27)14-26-19-8-4-5-9-20(19)31-24(26)29/h4-5,8-9,11-12,17H,6-7,10,13-14H2,1-3H3/t17-/m1/s1. The number of rotatable bonds is 5. The number of hydrogen-bond donors (Lipinski definition) is 0. The van der Waals surface area contributed by atoms with Crippen molar-refractivity contribution in [2.75, 3.05) is 20.2 Å². The number of likely N-dealkylation sites (tertiary alicyclic amines) is 1. The number of carbonyl (C=O) groups is 2. The van der Waals surface area contributed by atoms with Crippen molar-refractivity contribution in [2.24, 2.45) is 5.92 Å². The van der Waals surface area contributed by atoms with E-state index in [0.29, 0.717) is 29.8 Å². The molecule has 1 fully saturated rings. The average Bonchev–Trinajstić information content (AvgIpc) is 3.08. The van der Waals surface area contributed by atoms with Crippen molar-refractivity contribution in [1.29, 1.82) is 0 Å². The number of hydrogen-bond acceptors (Lipinski definition) is 5. The Hall–Kier alpha value is -3.35. The van der Waals surface area contributed by atoms with Crippen LogP contribution in [-0.2, 0) is 11.3 Å². The average molecular weight is 422 g/mol. The summed E-state index contributed by atoms with van der Waals surface area (Å²) in [7, 11) is 1.62. The van der Waals surface area contributed by atoms with E-state index in [1.165, 1.54) is 4.57 Å². The summed E-state index contributed by atoms with van der Waals surface area (Å²) in [5.41, 5.74) is 3.53. The van der Waals surface area contributed by atoms with Gasteiger partial charge in [-0.3, -0.25) is 14.2 Å². The van der Waals surface area contributed by atoms with Gasteiger partial charge in [-0.25, -0.2) is 4.79 Å². The smallest absolute Gasteiger partial charge is 0.420 e. The van der Waals surface area contributed by atoms with Gasteiger partial charge in [0.05, 0.1) is 12.6 Å². The molecule has 0 spiro atoms. The van der Waals surface area contributed by atoms with Crippen molar-refractivity contribution >= 4 is 22.8 Å². The summed E-state index contributed by atoms with van der Waals surface area (Å²) in [6.07, 6.45) is 1.48. The number of para-hydroxylation sites is 2. The Morgan fingerprint density at radius 3 is 2.58 bits per heavy atom. The van der Waals surface area contributed by atoms with Crippen molar-refractivity contribution in [2.45, 2.75) is 33.2 Å². The maximum Gasteiger partial charge on any atom is 0.420 e. The Bertz CT molecular complexity index is 1180. The number of nitrogens with zero attached hydrogens (tertiary/aromatic N) is 2. The first-order chi connectivity index (χ1) is 14.9. The number of aromatic nitrogens is 1. The molecular weight excluding hydrogens is 396 g/mol. The second kappa shape index (κ2) is 8.41. The van der Waals surface area contributed by atoms with Gasteiger partial charge in [0.15, 0.2) is 11.4 Å². The summed E-state index contributed by atoms with van der Waals surface area (Å²) in [6.45, 7) is 4.68. The molecule has 0 N–H and O–H groups in total. The molecule has 0 unspecified atom stereocenters. The third kappa shape index (κ3) is 4.00. The highest BCUT2D eigenvalue weighted by molar-refractivity contribution is 5.99. The van der Waals surface area contributed by atoms with Gasteiger partial charge in [-0.1, -0.05) is 12.1 Å². The Balaban J connectivity index is 1.50. The number of Topliss-reactive ketones (excluding diaryl/α,β-unsaturated/α-hetero) is 1. The summed E-state index contributed by atoms with van der Waals surface area (Å²) >= 11 is 0.